The van der Waals surface area contributed by atoms with Gasteiger partial charge in [-0.05, 0) is 13.3 Å². The Bertz CT molecular complexity index is 200. The fourth-order valence-corrected chi connectivity index (χ4v) is 1.68. The van der Waals surface area contributed by atoms with Crippen LogP contribution < -0.4 is 0 Å². The molecule has 1 fully saturated rings. The van der Waals surface area contributed by atoms with Crippen LogP contribution in [0.25, 0.3) is 0 Å². The van der Waals surface area contributed by atoms with Gasteiger partial charge in [-0.3, -0.25) is 9.69 Å². The van der Waals surface area contributed by atoms with Crippen molar-refractivity contribution >= 4 is 17.6 Å². The van der Waals surface area contributed by atoms with Crippen LogP contribution in [0.4, 0.5) is 0 Å². The number of aliphatic carboxylic acids is 1. The standard InChI is InChI=1S/C9H16ClNO3/c1-7-6-14-4-2-3-11(7)5-8(10)9(12)13/h7-8H,2-6H2,1H3,(H,12,13). The Hall–Kier alpha value is -0.320. The molecule has 0 aromatic rings. The quantitative estimate of drug-likeness (QED) is 0.716. The highest BCUT2D eigenvalue weighted by atomic mass is 35.5. The van der Waals surface area contributed by atoms with E-state index in [4.69, 9.17) is 21.4 Å². The Morgan fingerprint density at radius 2 is 2.50 bits per heavy atom. The molecular weight excluding hydrogens is 206 g/mol. The number of hydrogen-bond donors (Lipinski definition) is 1. The smallest absolute Gasteiger partial charge is 0.322 e. The number of rotatable bonds is 3. The van der Waals surface area contributed by atoms with Gasteiger partial charge in [0.1, 0.15) is 5.38 Å². The van der Waals surface area contributed by atoms with Crippen LogP contribution in [-0.4, -0.2) is 53.7 Å². The van der Waals surface area contributed by atoms with Crippen LogP contribution in [0.5, 0.6) is 0 Å². The van der Waals surface area contributed by atoms with E-state index in [1.54, 1.807) is 0 Å². The van der Waals surface area contributed by atoms with Crippen molar-refractivity contribution in [1.82, 2.24) is 4.90 Å². The van der Waals surface area contributed by atoms with Crippen molar-refractivity contribution in [3.63, 3.8) is 0 Å². The molecule has 1 aliphatic rings. The molecule has 5 heteroatoms. The average Bonchev–Trinajstić information content (AvgIpc) is 2.32. The Labute approximate surface area is 88.8 Å². The molecule has 1 aliphatic heterocycles. The maximum Gasteiger partial charge on any atom is 0.322 e. The summed E-state index contributed by atoms with van der Waals surface area (Å²) in [7, 11) is 0. The van der Waals surface area contributed by atoms with Gasteiger partial charge in [0.15, 0.2) is 0 Å². The summed E-state index contributed by atoms with van der Waals surface area (Å²) >= 11 is 5.69. The molecule has 1 rings (SSSR count). The zero-order chi connectivity index (χ0) is 10.6. The fraction of sp³-hybridized carbons (Fsp3) is 0.889. The minimum Gasteiger partial charge on any atom is -0.480 e. The number of hydrogen-bond acceptors (Lipinski definition) is 3. The topological polar surface area (TPSA) is 49.8 Å². The summed E-state index contributed by atoms with van der Waals surface area (Å²) in [6.07, 6.45) is 0.938. The highest BCUT2D eigenvalue weighted by Crippen LogP contribution is 2.10. The number of ether oxygens (including phenoxy) is 1. The number of halogens is 1. The minimum absolute atomic E-state index is 0.248. The summed E-state index contributed by atoms with van der Waals surface area (Å²) in [6, 6.07) is 0.248. The zero-order valence-electron chi connectivity index (χ0n) is 8.28. The molecule has 2 atom stereocenters. The van der Waals surface area contributed by atoms with Gasteiger partial charge in [0.05, 0.1) is 6.61 Å². The van der Waals surface area contributed by atoms with E-state index in [1.807, 2.05) is 6.92 Å². The number of nitrogens with zero attached hydrogens (tertiary/aromatic N) is 1. The van der Waals surface area contributed by atoms with Gasteiger partial charge < -0.3 is 9.84 Å². The maximum absolute atomic E-state index is 10.6. The molecule has 0 bridgehead atoms. The van der Waals surface area contributed by atoms with Crippen molar-refractivity contribution in [3.8, 4) is 0 Å². The molecular formula is C9H16ClNO3. The SMILES string of the molecule is CC1COCCCN1CC(Cl)C(=O)O. The predicted molar refractivity (Wildman–Crippen MR) is 53.7 cm³/mol. The molecule has 1 saturated heterocycles. The van der Waals surface area contributed by atoms with Crippen molar-refractivity contribution in [2.75, 3.05) is 26.3 Å². The first-order valence-electron chi connectivity index (χ1n) is 4.80. The average molecular weight is 222 g/mol. The summed E-state index contributed by atoms with van der Waals surface area (Å²) in [5, 5.41) is 7.86. The van der Waals surface area contributed by atoms with Crippen molar-refractivity contribution in [1.29, 1.82) is 0 Å². The molecule has 0 aliphatic carbocycles. The van der Waals surface area contributed by atoms with Crippen molar-refractivity contribution in [2.45, 2.75) is 24.8 Å². The Morgan fingerprint density at radius 1 is 1.79 bits per heavy atom. The summed E-state index contributed by atoms with van der Waals surface area (Å²) in [6.45, 7) is 4.68. The van der Waals surface area contributed by atoms with Gasteiger partial charge in [0, 0.05) is 25.7 Å². The van der Waals surface area contributed by atoms with Crippen molar-refractivity contribution in [2.24, 2.45) is 0 Å². The van der Waals surface area contributed by atoms with E-state index in [0.29, 0.717) is 13.2 Å². The summed E-state index contributed by atoms with van der Waals surface area (Å²) in [5.41, 5.74) is 0. The van der Waals surface area contributed by atoms with Gasteiger partial charge in [-0.2, -0.15) is 0 Å². The van der Waals surface area contributed by atoms with Crippen LogP contribution in [0.3, 0.4) is 0 Å². The number of carbonyl (C=O) groups is 1. The third-order valence-corrected chi connectivity index (χ3v) is 2.70. The van der Waals surface area contributed by atoms with Gasteiger partial charge in [0.25, 0.3) is 0 Å². The number of alkyl halides is 1. The van der Waals surface area contributed by atoms with Gasteiger partial charge in [-0.25, -0.2) is 0 Å². The molecule has 0 saturated carbocycles. The Balaban J connectivity index is 2.43. The lowest BCUT2D eigenvalue weighted by atomic mass is 10.2. The van der Waals surface area contributed by atoms with Crippen LogP contribution >= 0.6 is 11.6 Å². The lowest BCUT2D eigenvalue weighted by Crippen LogP contribution is -2.41. The van der Waals surface area contributed by atoms with Crippen LogP contribution in [0.2, 0.25) is 0 Å². The third-order valence-electron chi connectivity index (χ3n) is 2.38. The first-order chi connectivity index (χ1) is 6.61. The first-order valence-corrected chi connectivity index (χ1v) is 5.23. The normalized spacial score (nSPS) is 26.9. The second-order valence-electron chi connectivity index (χ2n) is 3.58. The minimum atomic E-state index is -0.955. The van der Waals surface area contributed by atoms with E-state index < -0.39 is 11.3 Å². The van der Waals surface area contributed by atoms with Crippen LogP contribution in [0.1, 0.15) is 13.3 Å². The lowest BCUT2D eigenvalue weighted by Gasteiger charge is -2.26. The Kier molecular flexibility index (Phi) is 4.65. The molecule has 4 nitrogen and oxygen atoms in total. The summed E-state index contributed by atoms with van der Waals surface area (Å²) in [5.74, 6) is -0.955. The molecule has 82 valence electrons. The van der Waals surface area contributed by atoms with E-state index in [2.05, 4.69) is 4.90 Å². The molecule has 0 aromatic heterocycles. The molecule has 0 aromatic carbocycles. The first kappa shape index (κ1) is 11.8. The number of carboxylic acid groups (broad SMARTS) is 1. The van der Waals surface area contributed by atoms with Gasteiger partial charge >= 0.3 is 5.97 Å². The molecule has 0 radical (unpaired) electrons. The largest absolute Gasteiger partial charge is 0.480 e. The highest BCUT2D eigenvalue weighted by Gasteiger charge is 2.23. The molecule has 0 amide bonds. The van der Waals surface area contributed by atoms with Crippen LogP contribution in [0, 0.1) is 0 Å². The molecule has 0 spiro atoms. The van der Waals surface area contributed by atoms with E-state index in [0.717, 1.165) is 19.6 Å². The predicted octanol–water partition coefficient (Wildman–Crippen LogP) is 0.789. The van der Waals surface area contributed by atoms with E-state index in [-0.39, 0.29) is 6.04 Å². The maximum atomic E-state index is 10.6. The highest BCUT2D eigenvalue weighted by molar-refractivity contribution is 6.29. The van der Waals surface area contributed by atoms with Crippen molar-refractivity contribution in [3.05, 3.63) is 0 Å². The fourth-order valence-electron chi connectivity index (χ4n) is 1.50. The van der Waals surface area contributed by atoms with Gasteiger partial charge in [-0.1, -0.05) is 0 Å². The van der Waals surface area contributed by atoms with Gasteiger partial charge in [0.2, 0.25) is 0 Å². The molecule has 1 heterocycles. The monoisotopic (exact) mass is 221 g/mol. The second-order valence-corrected chi connectivity index (χ2v) is 4.11. The summed E-state index contributed by atoms with van der Waals surface area (Å²) in [4.78, 5) is 12.6. The third kappa shape index (κ3) is 3.44. The van der Waals surface area contributed by atoms with Crippen molar-refractivity contribution < 1.29 is 14.6 Å². The van der Waals surface area contributed by atoms with Gasteiger partial charge in [-0.15, -0.1) is 11.6 Å². The van der Waals surface area contributed by atoms with E-state index >= 15 is 0 Å². The molecule has 2 unspecified atom stereocenters. The number of carboxylic acids is 1. The van der Waals surface area contributed by atoms with Crippen LogP contribution in [0.15, 0.2) is 0 Å². The Morgan fingerprint density at radius 3 is 3.14 bits per heavy atom. The lowest BCUT2D eigenvalue weighted by molar-refractivity contribution is -0.137. The zero-order valence-corrected chi connectivity index (χ0v) is 9.04. The molecule has 14 heavy (non-hydrogen) atoms. The van der Waals surface area contributed by atoms with E-state index in [1.165, 1.54) is 0 Å². The summed E-state index contributed by atoms with van der Waals surface area (Å²) < 4.78 is 5.35. The molecule has 1 N–H and O–H groups in total. The van der Waals surface area contributed by atoms with E-state index in [9.17, 15) is 4.79 Å². The van der Waals surface area contributed by atoms with Crippen LogP contribution in [-0.2, 0) is 9.53 Å². The second kappa shape index (κ2) is 5.53.